The van der Waals surface area contributed by atoms with Crippen LogP contribution in [0.2, 0.25) is 0 Å². The Morgan fingerprint density at radius 3 is 1.62 bits per heavy atom. The molecule has 126 valence electrons. The lowest BCUT2D eigenvalue weighted by Gasteiger charge is -2.07. The van der Waals surface area contributed by atoms with Gasteiger partial charge < -0.3 is 5.32 Å². The highest BCUT2D eigenvalue weighted by Gasteiger charge is 2.29. The molecule has 0 saturated heterocycles. The second-order valence-electron chi connectivity index (χ2n) is 3.37. The van der Waals surface area contributed by atoms with E-state index in [0.717, 1.165) is 30.7 Å². The van der Waals surface area contributed by atoms with Gasteiger partial charge in [0.2, 0.25) is 0 Å². The predicted octanol–water partition coefficient (Wildman–Crippen LogP) is 6.28. The second-order valence-corrected chi connectivity index (χ2v) is 3.37. The highest BCUT2D eigenvalue weighted by Crippen LogP contribution is 2.28. The van der Waals surface area contributed by atoms with Crippen molar-refractivity contribution in [3.05, 3.63) is 35.4 Å². The van der Waals surface area contributed by atoms with Gasteiger partial charge in [-0.25, -0.2) is 0 Å². The maximum Gasteiger partial charge on any atom is 0.416 e. The Kier molecular flexibility index (Phi) is 20.2. The van der Waals surface area contributed by atoms with Crippen molar-refractivity contribution in [2.75, 3.05) is 6.54 Å². The third-order valence-corrected chi connectivity index (χ3v) is 2.04. The number of nitrogens with one attached hydrogen (secondary N) is 1. The molecule has 21 heavy (non-hydrogen) atoms. The normalized spacial score (nSPS) is 9.24. The highest BCUT2D eigenvalue weighted by molar-refractivity contribution is 5.24. The molecule has 0 atom stereocenters. The summed E-state index contributed by atoms with van der Waals surface area (Å²) in [5.41, 5.74) is 0.276. The lowest BCUT2D eigenvalue weighted by Crippen LogP contribution is -2.14. The Labute approximate surface area is 129 Å². The van der Waals surface area contributed by atoms with Crippen LogP contribution in [-0.2, 0) is 12.7 Å². The lowest BCUT2D eigenvalue weighted by molar-refractivity contribution is -0.137. The van der Waals surface area contributed by atoms with Crippen molar-refractivity contribution in [3.63, 3.8) is 0 Å². The summed E-state index contributed by atoms with van der Waals surface area (Å²) in [4.78, 5) is 0. The third-order valence-electron chi connectivity index (χ3n) is 2.04. The van der Waals surface area contributed by atoms with Crippen LogP contribution >= 0.6 is 0 Å². The van der Waals surface area contributed by atoms with Gasteiger partial charge in [-0.15, -0.1) is 0 Å². The number of benzene rings is 1. The van der Waals surface area contributed by atoms with Crippen LogP contribution in [0.4, 0.5) is 13.2 Å². The van der Waals surface area contributed by atoms with Crippen LogP contribution in [0.3, 0.4) is 0 Å². The Morgan fingerprint density at radius 1 is 0.857 bits per heavy atom. The molecule has 0 aliphatic rings. The first-order valence-electron chi connectivity index (χ1n) is 7.91. The Morgan fingerprint density at radius 2 is 1.29 bits per heavy atom. The summed E-state index contributed by atoms with van der Waals surface area (Å²) in [5, 5.41) is 3.13. The third kappa shape index (κ3) is 13.7. The molecule has 1 aromatic carbocycles. The first-order valence-corrected chi connectivity index (χ1v) is 7.91. The monoisotopic (exact) mass is 307 g/mol. The zero-order chi connectivity index (χ0) is 17.3. The van der Waals surface area contributed by atoms with E-state index in [2.05, 4.69) is 5.32 Å². The van der Waals surface area contributed by atoms with Crippen molar-refractivity contribution < 1.29 is 13.2 Å². The van der Waals surface area contributed by atoms with E-state index in [0.29, 0.717) is 6.54 Å². The van der Waals surface area contributed by atoms with Gasteiger partial charge in [-0.05, 0) is 30.7 Å². The van der Waals surface area contributed by atoms with E-state index in [1.54, 1.807) is 0 Å². The Balaban J connectivity index is -0.000000478. The summed E-state index contributed by atoms with van der Waals surface area (Å²) in [6, 6.07) is 5.24. The van der Waals surface area contributed by atoms with Gasteiger partial charge in [-0.1, -0.05) is 60.6 Å². The van der Waals surface area contributed by atoms with Gasteiger partial charge in [0.25, 0.3) is 0 Å². The molecule has 0 radical (unpaired) electrons. The molecule has 1 N–H and O–H groups in total. The molecule has 0 aliphatic heterocycles. The maximum atomic E-state index is 12.2. The van der Waals surface area contributed by atoms with Gasteiger partial charge in [0.15, 0.2) is 0 Å². The van der Waals surface area contributed by atoms with E-state index in [9.17, 15) is 13.2 Å². The highest BCUT2D eigenvalue weighted by atomic mass is 19.4. The van der Waals surface area contributed by atoms with E-state index in [4.69, 9.17) is 0 Å². The summed E-state index contributed by atoms with van der Waals surface area (Å²) in [7, 11) is 0. The van der Waals surface area contributed by atoms with Crippen molar-refractivity contribution in [1.29, 1.82) is 0 Å². The van der Waals surface area contributed by atoms with E-state index in [1.807, 2.05) is 48.5 Å². The molecule has 0 spiro atoms. The number of hydrogen-bond donors (Lipinski definition) is 1. The van der Waals surface area contributed by atoms with E-state index in [1.165, 1.54) is 12.1 Å². The molecular weight excluding hydrogens is 275 g/mol. The van der Waals surface area contributed by atoms with Gasteiger partial charge >= 0.3 is 6.18 Å². The quantitative estimate of drug-likeness (QED) is 0.645. The molecule has 1 rings (SSSR count). The molecule has 0 amide bonds. The average molecular weight is 307 g/mol. The van der Waals surface area contributed by atoms with Crippen LogP contribution in [0.1, 0.15) is 66.0 Å². The number of rotatable bonds is 4. The minimum atomic E-state index is -4.24. The topological polar surface area (TPSA) is 12.0 Å². The molecule has 0 aromatic heterocycles. The molecule has 0 unspecified atom stereocenters. The smallest absolute Gasteiger partial charge is 0.313 e. The van der Waals surface area contributed by atoms with E-state index >= 15 is 0 Å². The van der Waals surface area contributed by atoms with E-state index in [-0.39, 0.29) is 0 Å². The fourth-order valence-corrected chi connectivity index (χ4v) is 1.22. The summed E-state index contributed by atoms with van der Waals surface area (Å²) >= 11 is 0. The molecule has 4 heteroatoms. The summed E-state index contributed by atoms with van der Waals surface area (Å²) in [5.74, 6) is 0. The van der Waals surface area contributed by atoms with Gasteiger partial charge in [-0.3, -0.25) is 0 Å². The predicted molar refractivity (Wildman–Crippen MR) is 87.5 cm³/mol. The Hall–Kier alpha value is -1.03. The van der Waals surface area contributed by atoms with Gasteiger partial charge in [-0.2, -0.15) is 13.2 Å². The van der Waals surface area contributed by atoms with Gasteiger partial charge in [0, 0.05) is 6.54 Å². The van der Waals surface area contributed by atoms with Crippen molar-refractivity contribution in [3.8, 4) is 0 Å². The zero-order valence-corrected chi connectivity index (χ0v) is 14.6. The zero-order valence-electron chi connectivity index (χ0n) is 14.6. The largest absolute Gasteiger partial charge is 0.416 e. The van der Waals surface area contributed by atoms with Gasteiger partial charge in [0.1, 0.15) is 0 Å². The first kappa shape index (κ1) is 25.0. The van der Waals surface area contributed by atoms with Crippen molar-refractivity contribution in [2.45, 2.75) is 67.6 Å². The van der Waals surface area contributed by atoms with Crippen molar-refractivity contribution >= 4 is 0 Å². The van der Waals surface area contributed by atoms with Crippen molar-refractivity contribution in [1.82, 2.24) is 5.32 Å². The van der Waals surface area contributed by atoms with Crippen LogP contribution < -0.4 is 5.32 Å². The summed E-state index contributed by atoms with van der Waals surface area (Å²) in [6.07, 6.45) is -3.23. The molecule has 0 saturated carbocycles. The van der Waals surface area contributed by atoms with Crippen LogP contribution in [0, 0.1) is 0 Å². The summed E-state index contributed by atoms with van der Waals surface area (Å²) in [6.45, 7) is 15.5. The fourth-order valence-electron chi connectivity index (χ4n) is 1.22. The summed E-state index contributed by atoms with van der Waals surface area (Å²) < 4.78 is 36.6. The lowest BCUT2D eigenvalue weighted by atomic mass is 10.1. The minimum Gasteiger partial charge on any atom is -0.313 e. The first-order chi connectivity index (χ1) is 10.0. The van der Waals surface area contributed by atoms with Crippen LogP contribution in [0.25, 0.3) is 0 Å². The molecule has 0 bridgehead atoms. The number of hydrogen-bond acceptors (Lipinski definition) is 1. The molecular formula is C17H32F3N. The van der Waals surface area contributed by atoms with Gasteiger partial charge in [0.05, 0.1) is 5.56 Å². The van der Waals surface area contributed by atoms with Crippen LogP contribution in [-0.4, -0.2) is 6.54 Å². The van der Waals surface area contributed by atoms with Crippen molar-refractivity contribution in [2.24, 2.45) is 0 Å². The molecule has 1 nitrogen and oxygen atoms in total. The number of halogens is 3. The SMILES string of the molecule is CC.CC.CC.CCCNCc1ccc(C(F)(F)F)cc1. The second kappa shape index (κ2) is 17.0. The molecule has 0 fully saturated rings. The average Bonchev–Trinajstić information content (AvgIpc) is 2.53. The molecule has 1 aromatic rings. The van der Waals surface area contributed by atoms with E-state index < -0.39 is 11.7 Å². The molecule has 0 aliphatic carbocycles. The Bertz CT molecular complexity index is 292. The molecule has 0 heterocycles. The standard InChI is InChI=1S/C11H14F3N.3C2H6/c1-2-7-15-8-9-3-5-10(6-4-9)11(12,13)14;3*1-2/h3-6,15H,2,7-8H2,1H3;3*1-2H3. The number of alkyl halides is 3. The minimum absolute atomic E-state index is 0.596. The fraction of sp³-hybridized carbons (Fsp3) is 0.647. The van der Waals surface area contributed by atoms with Crippen LogP contribution in [0.15, 0.2) is 24.3 Å². The maximum absolute atomic E-state index is 12.2. The van der Waals surface area contributed by atoms with Crippen LogP contribution in [0.5, 0.6) is 0 Å².